The lowest BCUT2D eigenvalue weighted by molar-refractivity contribution is -0.142. The summed E-state index contributed by atoms with van der Waals surface area (Å²) in [4.78, 5) is 30.4. The number of fused-ring (bicyclic) bond motifs is 2. The van der Waals surface area contributed by atoms with Crippen molar-refractivity contribution in [1.82, 2.24) is 15.4 Å². The van der Waals surface area contributed by atoms with E-state index in [4.69, 9.17) is 16.0 Å². The Hall–Kier alpha value is -3.46. The molecule has 0 radical (unpaired) electrons. The Balaban J connectivity index is 1.58. The van der Waals surface area contributed by atoms with Crippen molar-refractivity contribution >= 4 is 33.6 Å². The standard InChI is InChI=1S/C22H22N4O4/c23-17(8-13-10-24-18-4-2-1-3-15(13)18)21(27)12-5-6-19-16(7-12)14(11-25-19)9-20(26-30)22(28)29/h1-7,10-11,17,20,24-26,30H,8-9,23H2,(H,28,29)/t17-,20-/m0/s1. The van der Waals surface area contributed by atoms with Gasteiger partial charge in [-0.15, -0.1) is 0 Å². The fourth-order valence-electron chi connectivity index (χ4n) is 3.75. The number of H-pyrrole nitrogens is 2. The first-order valence-corrected chi connectivity index (χ1v) is 9.55. The zero-order valence-electron chi connectivity index (χ0n) is 16.1. The van der Waals surface area contributed by atoms with Gasteiger partial charge >= 0.3 is 5.97 Å². The molecule has 8 nitrogen and oxygen atoms in total. The molecule has 0 saturated carbocycles. The summed E-state index contributed by atoms with van der Waals surface area (Å²) >= 11 is 0. The van der Waals surface area contributed by atoms with E-state index in [2.05, 4.69) is 9.97 Å². The van der Waals surface area contributed by atoms with Crippen LogP contribution in [0.3, 0.4) is 0 Å². The molecule has 0 aliphatic carbocycles. The number of para-hydroxylation sites is 1. The lowest BCUT2D eigenvalue weighted by Gasteiger charge is -2.12. The number of rotatable bonds is 8. The number of carbonyl (C=O) groups is 2. The topological polar surface area (TPSA) is 144 Å². The molecule has 7 N–H and O–H groups in total. The zero-order valence-corrected chi connectivity index (χ0v) is 16.1. The predicted molar refractivity (Wildman–Crippen MR) is 113 cm³/mol. The number of carboxylic acid groups (broad SMARTS) is 1. The first kappa shape index (κ1) is 19.8. The summed E-state index contributed by atoms with van der Waals surface area (Å²) < 4.78 is 0. The average Bonchev–Trinajstić information content (AvgIpc) is 3.35. The summed E-state index contributed by atoms with van der Waals surface area (Å²) in [5.41, 5.74) is 11.9. The summed E-state index contributed by atoms with van der Waals surface area (Å²) in [5, 5.41) is 20.0. The van der Waals surface area contributed by atoms with Gasteiger partial charge in [-0.1, -0.05) is 18.2 Å². The summed E-state index contributed by atoms with van der Waals surface area (Å²) in [5.74, 6) is -1.36. The van der Waals surface area contributed by atoms with Gasteiger partial charge in [0.1, 0.15) is 6.04 Å². The molecule has 2 aromatic heterocycles. The molecule has 0 fully saturated rings. The fourth-order valence-corrected chi connectivity index (χ4v) is 3.75. The van der Waals surface area contributed by atoms with Gasteiger partial charge in [-0.3, -0.25) is 9.59 Å². The van der Waals surface area contributed by atoms with Gasteiger partial charge in [0.05, 0.1) is 6.04 Å². The Labute approximate surface area is 171 Å². The molecule has 0 saturated heterocycles. The number of nitrogens with one attached hydrogen (secondary N) is 3. The molecule has 0 spiro atoms. The van der Waals surface area contributed by atoms with Crippen LogP contribution in [-0.2, 0) is 17.6 Å². The molecule has 0 aliphatic rings. The van der Waals surface area contributed by atoms with E-state index in [1.54, 1.807) is 29.9 Å². The van der Waals surface area contributed by atoms with E-state index in [1.807, 2.05) is 30.5 Å². The van der Waals surface area contributed by atoms with E-state index in [0.717, 1.165) is 27.4 Å². The number of benzene rings is 2. The molecule has 0 unspecified atom stereocenters. The van der Waals surface area contributed by atoms with Crippen molar-refractivity contribution in [2.45, 2.75) is 24.9 Å². The van der Waals surface area contributed by atoms with E-state index in [0.29, 0.717) is 17.5 Å². The van der Waals surface area contributed by atoms with E-state index in [1.165, 1.54) is 0 Å². The van der Waals surface area contributed by atoms with Crippen LogP contribution in [0.1, 0.15) is 21.5 Å². The normalized spacial score (nSPS) is 13.5. The van der Waals surface area contributed by atoms with Gasteiger partial charge in [0.25, 0.3) is 0 Å². The van der Waals surface area contributed by atoms with E-state index in [9.17, 15) is 9.59 Å². The largest absolute Gasteiger partial charge is 0.480 e. The first-order chi connectivity index (χ1) is 14.5. The number of nitrogens with two attached hydrogens (primary N) is 1. The summed E-state index contributed by atoms with van der Waals surface area (Å²) in [6, 6.07) is 11.2. The van der Waals surface area contributed by atoms with Crippen LogP contribution in [0.5, 0.6) is 0 Å². The maximum Gasteiger partial charge on any atom is 0.323 e. The smallest absolute Gasteiger partial charge is 0.323 e. The molecular weight excluding hydrogens is 384 g/mol. The van der Waals surface area contributed by atoms with Crippen molar-refractivity contribution in [3.05, 3.63) is 71.5 Å². The van der Waals surface area contributed by atoms with Crippen molar-refractivity contribution in [2.75, 3.05) is 0 Å². The van der Waals surface area contributed by atoms with E-state index < -0.39 is 18.1 Å². The number of aliphatic carboxylic acids is 1. The molecule has 154 valence electrons. The molecule has 2 heterocycles. The Bertz CT molecular complexity index is 1230. The molecule has 30 heavy (non-hydrogen) atoms. The molecular formula is C22H22N4O4. The van der Waals surface area contributed by atoms with Crippen LogP contribution in [-0.4, -0.2) is 44.1 Å². The van der Waals surface area contributed by atoms with E-state index in [-0.39, 0.29) is 12.2 Å². The molecule has 8 heteroatoms. The number of hydrogen-bond acceptors (Lipinski definition) is 5. The highest BCUT2D eigenvalue weighted by Gasteiger charge is 2.21. The van der Waals surface area contributed by atoms with Gasteiger partial charge in [-0.2, -0.15) is 5.48 Å². The summed E-state index contributed by atoms with van der Waals surface area (Å²) in [6.07, 6.45) is 4.01. The third-order valence-electron chi connectivity index (χ3n) is 5.38. The fraction of sp³-hybridized carbons (Fsp3) is 0.182. The van der Waals surface area contributed by atoms with Gasteiger partial charge in [-0.25, -0.2) is 0 Å². The second kappa shape index (κ2) is 8.11. The lowest BCUT2D eigenvalue weighted by Crippen LogP contribution is -2.36. The molecule has 0 bridgehead atoms. The van der Waals surface area contributed by atoms with Gasteiger partial charge in [-0.05, 0) is 41.8 Å². The van der Waals surface area contributed by atoms with Crippen molar-refractivity contribution in [1.29, 1.82) is 0 Å². The second-order valence-electron chi connectivity index (χ2n) is 7.33. The first-order valence-electron chi connectivity index (χ1n) is 9.55. The van der Waals surface area contributed by atoms with Crippen LogP contribution in [0, 0.1) is 0 Å². The Morgan fingerprint density at radius 2 is 1.63 bits per heavy atom. The van der Waals surface area contributed by atoms with Crippen molar-refractivity contribution < 1.29 is 19.9 Å². The number of hydroxylamine groups is 1. The summed E-state index contributed by atoms with van der Waals surface area (Å²) in [6.45, 7) is 0. The van der Waals surface area contributed by atoms with Crippen molar-refractivity contribution in [3.8, 4) is 0 Å². The maximum absolute atomic E-state index is 13.0. The number of aromatic amines is 2. The summed E-state index contributed by atoms with van der Waals surface area (Å²) in [7, 11) is 0. The highest BCUT2D eigenvalue weighted by Crippen LogP contribution is 2.23. The van der Waals surface area contributed by atoms with Crippen LogP contribution in [0.4, 0.5) is 0 Å². The second-order valence-corrected chi connectivity index (χ2v) is 7.33. The predicted octanol–water partition coefficient (Wildman–Crippen LogP) is 2.38. The number of carbonyl (C=O) groups excluding carboxylic acids is 1. The number of Topliss-reactive ketones (excluding diaryl/α,β-unsaturated/α-hetero) is 1. The zero-order chi connectivity index (χ0) is 21.3. The van der Waals surface area contributed by atoms with Gasteiger partial charge in [0.2, 0.25) is 0 Å². The van der Waals surface area contributed by atoms with Gasteiger partial charge in [0.15, 0.2) is 5.78 Å². The molecule has 2 atom stereocenters. The van der Waals surface area contributed by atoms with Crippen LogP contribution in [0.2, 0.25) is 0 Å². The lowest BCUT2D eigenvalue weighted by atomic mass is 9.96. The highest BCUT2D eigenvalue weighted by atomic mass is 16.5. The van der Waals surface area contributed by atoms with Crippen LogP contribution in [0.15, 0.2) is 54.9 Å². The Kier molecular flexibility index (Phi) is 5.37. The molecule has 4 aromatic rings. The monoisotopic (exact) mass is 406 g/mol. The number of ketones is 1. The van der Waals surface area contributed by atoms with Gasteiger partial charge in [0, 0.05) is 46.2 Å². The SMILES string of the molecule is N[C@@H](Cc1c[nH]c2ccccc12)C(=O)c1ccc2[nH]cc(C[C@H](NO)C(=O)O)c2c1. The van der Waals surface area contributed by atoms with Crippen molar-refractivity contribution in [2.24, 2.45) is 5.73 Å². The van der Waals surface area contributed by atoms with Gasteiger partial charge < -0.3 is 26.0 Å². The van der Waals surface area contributed by atoms with Crippen LogP contribution in [0.25, 0.3) is 21.8 Å². The third-order valence-corrected chi connectivity index (χ3v) is 5.38. The van der Waals surface area contributed by atoms with Crippen molar-refractivity contribution in [3.63, 3.8) is 0 Å². The third kappa shape index (κ3) is 3.71. The molecule has 4 rings (SSSR count). The Morgan fingerprint density at radius 1 is 0.967 bits per heavy atom. The molecule has 2 aromatic carbocycles. The molecule has 0 aliphatic heterocycles. The number of hydrogen-bond donors (Lipinski definition) is 6. The van der Waals surface area contributed by atoms with Crippen LogP contribution >= 0.6 is 0 Å². The number of carboxylic acids is 1. The maximum atomic E-state index is 13.0. The minimum absolute atomic E-state index is 0.0604. The highest BCUT2D eigenvalue weighted by molar-refractivity contribution is 6.03. The number of aromatic nitrogens is 2. The van der Waals surface area contributed by atoms with E-state index >= 15 is 0 Å². The average molecular weight is 406 g/mol. The minimum atomic E-state index is -1.17. The quantitative estimate of drug-likeness (QED) is 0.196. The van der Waals surface area contributed by atoms with Crippen LogP contribution < -0.4 is 11.2 Å². The molecule has 0 amide bonds. The minimum Gasteiger partial charge on any atom is -0.480 e. The Morgan fingerprint density at radius 3 is 2.33 bits per heavy atom.